The lowest BCUT2D eigenvalue weighted by molar-refractivity contribution is -0.123. The van der Waals surface area contributed by atoms with E-state index in [0.717, 1.165) is 15.5 Å². The third-order valence-electron chi connectivity index (χ3n) is 6.52. The van der Waals surface area contributed by atoms with Gasteiger partial charge in [-0.15, -0.1) is 0 Å². The number of hydrogen-bond acceptors (Lipinski definition) is 6. The second kappa shape index (κ2) is 11.0. The minimum Gasteiger partial charge on any atom is -0.351 e. The zero-order valence-electron chi connectivity index (χ0n) is 19.8. The van der Waals surface area contributed by atoms with Crippen molar-refractivity contribution in [3.8, 4) is 0 Å². The topological polar surface area (TPSA) is 98.7 Å². The van der Waals surface area contributed by atoms with Crippen LogP contribution in [0.2, 0.25) is 0 Å². The van der Waals surface area contributed by atoms with Crippen molar-refractivity contribution in [2.45, 2.75) is 43.8 Å². The molecule has 8 nitrogen and oxygen atoms in total. The molecule has 1 fully saturated rings. The zero-order chi connectivity index (χ0) is 25.9. The van der Waals surface area contributed by atoms with Crippen LogP contribution in [0.4, 0.5) is 20.3 Å². The van der Waals surface area contributed by atoms with Gasteiger partial charge in [0.1, 0.15) is 29.3 Å². The number of halogens is 3. The van der Waals surface area contributed by atoms with E-state index < -0.39 is 17.8 Å². The summed E-state index contributed by atoms with van der Waals surface area (Å²) in [6.45, 7) is 0.310. The minimum atomic E-state index is -0.592. The quantitative estimate of drug-likeness (QED) is 0.422. The van der Waals surface area contributed by atoms with E-state index in [1.807, 2.05) is 24.3 Å². The van der Waals surface area contributed by atoms with Crippen LogP contribution < -0.4 is 16.0 Å². The molecule has 1 aromatic carbocycles. The number of aliphatic imine (C=N–C) groups is 1. The number of pyridine rings is 1. The maximum atomic E-state index is 14.0. The van der Waals surface area contributed by atoms with E-state index in [2.05, 4.69) is 48.5 Å². The molecule has 2 aromatic rings. The van der Waals surface area contributed by atoms with Gasteiger partial charge in [0, 0.05) is 27.5 Å². The summed E-state index contributed by atoms with van der Waals surface area (Å²) in [6.07, 6.45) is 8.02. The Bertz CT molecular complexity index is 1310. The smallest absolute Gasteiger partial charge is 0.255 e. The summed E-state index contributed by atoms with van der Waals surface area (Å²) >= 11 is 2.19. The highest BCUT2D eigenvalue weighted by Crippen LogP contribution is 2.24. The maximum Gasteiger partial charge on any atom is 0.255 e. The minimum absolute atomic E-state index is 0.0325. The molecule has 11 heteroatoms. The predicted octanol–water partition coefficient (Wildman–Crippen LogP) is 4.19. The molecule has 3 N–H and O–H groups in total. The Labute approximate surface area is 226 Å². The fourth-order valence-electron chi connectivity index (χ4n) is 4.66. The van der Waals surface area contributed by atoms with Crippen LogP contribution in [0.5, 0.6) is 0 Å². The summed E-state index contributed by atoms with van der Waals surface area (Å²) in [5, 5.41) is 9.13. The van der Waals surface area contributed by atoms with Gasteiger partial charge in [0.25, 0.3) is 5.91 Å². The summed E-state index contributed by atoms with van der Waals surface area (Å²) in [6, 6.07) is 8.02. The molecule has 37 heavy (non-hydrogen) atoms. The Morgan fingerprint density at radius 2 is 1.78 bits per heavy atom. The van der Waals surface area contributed by atoms with E-state index >= 15 is 0 Å². The van der Waals surface area contributed by atoms with E-state index in [1.165, 1.54) is 18.3 Å². The van der Waals surface area contributed by atoms with Gasteiger partial charge in [-0.25, -0.2) is 13.8 Å². The second-order valence-corrected chi connectivity index (χ2v) is 10.5. The SMILES string of the molecule is O=C(NC1CCC(NC(=O)C2CN3C=C(F)C=CC3=N2)CC1)c1cc(F)cnc1Nc1cccc(I)c1. The first-order valence-electron chi connectivity index (χ1n) is 12.0. The van der Waals surface area contributed by atoms with E-state index in [4.69, 9.17) is 0 Å². The largest absolute Gasteiger partial charge is 0.351 e. The number of rotatable bonds is 6. The Morgan fingerprint density at radius 1 is 1.03 bits per heavy atom. The van der Waals surface area contributed by atoms with Crippen molar-refractivity contribution in [3.05, 3.63) is 75.7 Å². The van der Waals surface area contributed by atoms with Crippen LogP contribution in [-0.4, -0.2) is 52.2 Å². The first-order chi connectivity index (χ1) is 17.8. The zero-order valence-corrected chi connectivity index (χ0v) is 21.9. The number of benzene rings is 1. The Morgan fingerprint density at radius 3 is 2.54 bits per heavy atom. The Kier molecular flexibility index (Phi) is 7.49. The highest BCUT2D eigenvalue weighted by Gasteiger charge is 2.32. The van der Waals surface area contributed by atoms with Crippen LogP contribution >= 0.6 is 22.6 Å². The van der Waals surface area contributed by atoms with Gasteiger partial charge >= 0.3 is 0 Å². The molecule has 1 saturated carbocycles. The lowest BCUT2D eigenvalue weighted by Crippen LogP contribution is -2.46. The standard InChI is InChI=1S/C26H25F2IN6O2/c27-15-4-9-23-34-22(14-35(23)13-15)26(37)33-19-7-5-18(6-8-19)32-25(36)21-10-16(28)12-30-24(21)31-20-3-1-2-17(29)11-20/h1-4,9-13,18-19,22H,5-8,14H2,(H,30,31)(H,32,36)(H,33,37). The Hall–Kier alpha value is -3.35. The molecule has 1 aromatic heterocycles. The lowest BCUT2D eigenvalue weighted by Gasteiger charge is -2.30. The van der Waals surface area contributed by atoms with Crippen LogP contribution in [0, 0.1) is 9.39 Å². The molecule has 2 aliphatic heterocycles. The molecule has 1 unspecified atom stereocenters. The molecule has 192 valence electrons. The van der Waals surface area contributed by atoms with Crippen LogP contribution in [0.15, 0.2) is 65.7 Å². The summed E-state index contributed by atoms with van der Waals surface area (Å²) < 4.78 is 28.4. The molecule has 0 saturated heterocycles. The molecular weight excluding hydrogens is 593 g/mol. The number of hydrogen-bond donors (Lipinski definition) is 3. The number of nitrogens with zero attached hydrogens (tertiary/aromatic N) is 3. The summed E-state index contributed by atoms with van der Waals surface area (Å²) in [4.78, 5) is 35.9. The van der Waals surface area contributed by atoms with Crippen LogP contribution in [0.25, 0.3) is 0 Å². The molecule has 0 radical (unpaired) electrons. The van der Waals surface area contributed by atoms with Crippen molar-refractivity contribution in [1.29, 1.82) is 0 Å². The fraction of sp³-hybridized carbons (Fsp3) is 0.308. The molecule has 3 heterocycles. The molecule has 0 bridgehead atoms. The van der Waals surface area contributed by atoms with Gasteiger partial charge in [0.2, 0.25) is 5.91 Å². The van der Waals surface area contributed by atoms with Crippen molar-refractivity contribution < 1.29 is 18.4 Å². The van der Waals surface area contributed by atoms with E-state index in [-0.39, 0.29) is 35.2 Å². The molecule has 1 aliphatic carbocycles. The van der Waals surface area contributed by atoms with Crippen LogP contribution in [-0.2, 0) is 4.79 Å². The van der Waals surface area contributed by atoms with Crippen molar-refractivity contribution in [2.75, 3.05) is 11.9 Å². The second-order valence-electron chi connectivity index (χ2n) is 9.22. The summed E-state index contributed by atoms with van der Waals surface area (Å²) in [5.74, 6) is -0.693. The number of carbonyl (C=O) groups excluding carboxylic acids is 2. The van der Waals surface area contributed by atoms with Gasteiger partial charge in [-0.2, -0.15) is 0 Å². The van der Waals surface area contributed by atoms with E-state index in [1.54, 1.807) is 11.0 Å². The highest BCUT2D eigenvalue weighted by atomic mass is 127. The maximum absolute atomic E-state index is 14.0. The Balaban J connectivity index is 1.14. The van der Waals surface area contributed by atoms with Gasteiger partial charge in [0.15, 0.2) is 0 Å². The van der Waals surface area contributed by atoms with Crippen molar-refractivity contribution in [1.82, 2.24) is 20.5 Å². The van der Waals surface area contributed by atoms with Crippen molar-refractivity contribution >= 4 is 51.7 Å². The average molecular weight is 618 g/mol. The molecular formula is C26H25F2IN6O2. The normalized spacial score (nSPS) is 22.6. The van der Waals surface area contributed by atoms with Gasteiger partial charge in [-0.1, -0.05) is 6.07 Å². The molecule has 2 amide bonds. The number of allylic oxidation sites excluding steroid dienone is 2. The molecule has 0 spiro atoms. The summed E-state index contributed by atoms with van der Waals surface area (Å²) in [7, 11) is 0. The molecule has 3 aliphatic rings. The highest BCUT2D eigenvalue weighted by molar-refractivity contribution is 14.1. The number of amides is 2. The molecule has 1 atom stereocenters. The third kappa shape index (κ3) is 6.14. The number of carbonyl (C=O) groups is 2. The number of anilines is 2. The number of fused-ring (bicyclic) bond motifs is 1. The molecule has 5 rings (SSSR count). The van der Waals surface area contributed by atoms with Gasteiger partial charge < -0.3 is 20.9 Å². The van der Waals surface area contributed by atoms with Crippen molar-refractivity contribution in [2.24, 2.45) is 4.99 Å². The number of aromatic nitrogens is 1. The van der Waals surface area contributed by atoms with E-state index in [9.17, 15) is 18.4 Å². The van der Waals surface area contributed by atoms with Gasteiger partial charge in [0.05, 0.1) is 18.3 Å². The predicted molar refractivity (Wildman–Crippen MR) is 145 cm³/mol. The van der Waals surface area contributed by atoms with Crippen LogP contribution in [0.1, 0.15) is 36.0 Å². The fourth-order valence-corrected chi connectivity index (χ4v) is 5.20. The van der Waals surface area contributed by atoms with Gasteiger partial charge in [-0.3, -0.25) is 14.6 Å². The first kappa shape index (κ1) is 25.3. The summed E-state index contributed by atoms with van der Waals surface area (Å²) in [5.41, 5.74) is 0.877. The van der Waals surface area contributed by atoms with Gasteiger partial charge in [-0.05, 0) is 84.7 Å². The first-order valence-corrected chi connectivity index (χ1v) is 13.1. The number of nitrogens with one attached hydrogen (secondary N) is 3. The van der Waals surface area contributed by atoms with E-state index in [0.29, 0.717) is 38.1 Å². The third-order valence-corrected chi connectivity index (χ3v) is 7.19. The lowest BCUT2D eigenvalue weighted by atomic mass is 9.90. The average Bonchev–Trinajstić information content (AvgIpc) is 3.30. The van der Waals surface area contributed by atoms with Crippen LogP contribution in [0.3, 0.4) is 0 Å². The van der Waals surface area contributed by atoms with Crippen molar-refractivity contribution in [3.63, 3.8) is 0 Å². The monoisotopic (exact) mass is 618 g/mol. The number of amidine groups is 1.